The van der Waals surface area contributed by atoms with Crippen molar-refractivity contribution < 1.29 is 31.1 Å². The monoisotopic (exact) mass is 373 g/mol. The number of H-pyrrole nitrogens is 1. The Kier molecular flexibility index (Phi) is 4.13. The predicted molar refractivity (Wildman–Crippen MR) is 80.5 cm³/mol. The van der Waals surface area contributed by atoms with Gasteiger partial charge in [0.25, 0.3) is 5.91 Å². The second-order valence-corrected chi connectivity index (χ2v) is 5.35. The van der Waals surface area contributed by atoms with Crippen LogP contribution in [-0.4, -0.2) is 15.9 Å². The number of imidazole rings is 1. The zero-order valence-electron chi connectivity index (χ0n) is 12.7. The van der Waals surface area contributed by atoms with E-state index in [0.29, 0.717) is 0 Å². The van der Waals surface area contributed by atoms with Gasteiger partial charge in [0.2, 0.25) is 5.82 Å². The molecule has 4 nitrogen and oxygen atoms in total. The Morgan fingerprint density at radius 2 is 1.69 bits per heavy atom. The number of aromatic nitrogens is 2. The quantitative estimate of drug-likeness (QED) is 0.631. The molecular formula is C16H9F6N3O. The summed E-state index contributed by atoms with van der Waals surface area (Å²) < 4.78 is 76.0. The van der Waals surface area contributed by atoms with E-state index in [1.165, 1.54) is 18.2 Å². The first-order valence-corrected chi connectivity index (χ1v) is 7.09. The van der Waals surface area contributed by atoms with Crippen molar-refractivity contribution in [1.82, 2.24) is 9.97 Å². The van der Waals surface area contributed by atoms with Crippen molar-refractivity contribution in [2.24, 2.45) is 0 Å². The second-order valence-electron chi connectivity index (χ2n) is 5.35. The molecule has 0 unspecified atom stereocenters. The van der Waals surface area contributed by atoms with Crippen LogP contribution in [0.2, 0.25) is 0 Å². The van der Waals surface area contributed by atoms with Crippen LogP contribution >= 0.6 is 0 Å². The highest BCUT2D eigenvalue weighted by Gasteiger charge is 2.34. The minimum atomic E-state index is -4.67. The van der Waals surface area contributed by atoms with Gasteiger partial charge in [0, 0.05) is 11.3 Å². The number of alkyl halides is 6. The average molecular weight is 373 g/mol. The normalized spacial score (nSPS) is 12.4. The fourth-order valence-corrected chi connectivity index (χ4v) is 2.26. The van der Waals surface area contributed by atoms with E-state index in [-0.39, 0.29) is 22.3 Å². The molecule has 3 aromatic rings. The van der Waals surface area contributed by atoms with Crippen molar-refractivity contribution in [2.75, 3.05) is 5.32 Å². The molecule has 0 saturated heterocycles. The summed E-state index contributed by atoms with van der Waals surface area (Å²) in [6.45, 7) is 0. The summed E-state index contributed by atoms with van der Waals surface area (Å²) in [6, 6.07) is 7.59. The summed E-state index contributed by atoms with van der Waals surface area (Å²) >= 11 is 0. The largest absolute Gasteiger partial charge is 0.449 e. The first-order chi connectivity index (χ1) is 12.0. The maximum atomic E-state index is 12.7. The molecule has 0 aliphatic rings. The predicted octanol–water partition coefficient (Wildman–Crippen LogP) is 4.85. The van der Waals surface area contributed by atoms with Crippen molar-refractivity contribution in [3.8, 4) is 0 Å². The van der Waals surface area contributed by atoms with Crippen molar-refractivity contribution in [3.63, 3.8) is 0 Å². The summed E-state index contributed by atoms with van der Waals surface area (Å²) in [4.78, 5) is 17.6. The Balaban J connectivity index is 1.86. The Labute approximate surface area is 141 Å². The number of hydrogen-bond acceptors (Lipinski definition) is 2. The molecule has 136 valence electrons. The van der Waals surface area contributed by atoms with Crippen LogP contribution in [0.15, 0.2) is 42.5 Å². The van der Waals surface area contributed by atoms with Gasteiger partial charge in [-0.15, -0.1) is 0 Å². The van der Waals surface area contributed by atoms with Gasteiger partial charge in [0.1, 0.15) is 0 Å². The topological polar surface area (TPSA) is 57.8 Å². The number of nitrogens with one attached hydrogen (secondary N) is 2. The molecule has 10 heteroatoms. The molecule has 3 rings (SSSR count). The molecule has 0 bridgehead atoms. The van der Waals surface area contributed by atoms with E-state index in [4.69, 9.17) is 0 Å². The SMILES string of the molecule is O=C(Nc1cccc(C(F)(F)F)c1)c1ccc2nc(C(F)(F)F)[nH]c2c1. The third-order valence-corrected chi connectivity index (χ3v) is 3.46. The molecule has 0 fully saturated rings. The molecule has 0 aliphatic carbocycles. The lowest BCUT2D eigenvalue weighted by Gasteiger charge is -2.10. The van der Waals surface area contributed by atoms with E-state index < -0.39 is 29.6 Å². The van der Waals surface area contributed by atoms with Crippen LogP contribution in [0.5, 0.6) is 0 Å². The highest BCUT2D eigenvalue weighted by molar-refractivity contribution is 6.05. The van der Waals surface area contributed by atoms with Crippen LogP contribution in [0.1, 0.15) is 21.7 Å². The first-order valence-electron chi connectivity index (χ1n) is 7.09. The molecule has 2 aromatic carbocycles. The minimum absolute atomic E-state index is 0.00736. The lowest BCUT2D eigenvalue weighted by Crippen LogP contribution is -2.13. The molecule has 0 spiro atoms. The van der Waals surface area contributed by atoms with E-state index in [2.05, 4.69) is 15.3 Å². The van der Waals surface area contributed by atoms with Crippen LogP contribution in [0.4, 0.5) is 32.0 Å². The highest BCUT2D eigenvalue weighted by atomic mass is 19.4. The van der Waals surface area contributed by atoms with Crippen molar-refractivity contribution in [1.29, 1.82) is 0 Å². The Morgan fingerprint density at radius 1 is 0.962 bits per heavy atom. The fourth-order valence-electron chi connectivity index (χ4n) is 2.26. The molecular weight excluding hydrogens is 364 g/mol. The molecule has 26 heavy (non-hydrogen) atoms. The van der Waals surface area contributed by atoms with Gasteiger partial charge in [-0.05, 0) is 36.4 Å². The van der Waals surface area contributed by atoms with Gasteiger partial charge in [0.15, 0.2) is 0 Å². The first kappa shape index (κ1) is 17.8. The maximum absolute atomic E-state index is 12.7. The number of nitrogens with zero attached hydrogens (tertiary/aromatic N) is 1. The van der Waals surface area contributed by atoms with Gasteiger partial charge in [0.05, 0.1) is 16.6 Å². The second kappa shape index (κ2) is 6.04. The van der Waals surface area contributed by atoms with Crippen molar-refractivity contribution in [3.05, 3.63) is 59.4 Å². The third kappa shape index (κ3) is 3.63. The molecule has 0 aliphatic heterocycles. The number of aromatic amines is 1. The van der Waals surface area contributed by atoms with Crippen LogP contribution in [0, 0.1) is 0 Å². The zero-order valence-corrected chi connectivity index (χ0v) is 12.7. The Bertz CT molecular complexity index is 974. The molecule has 1 aromatic heterocycles. The fraction of sp³-hybridized carbons (Fsp3) is 0.125. The Morgan fingerprint density at radius 3 is 2.35 bits per heavy atom. The van der Waals surface area contributed by atoms with Gasteiger partial charge >= 0.3 is 12.4 Å². The van der Waals surface area contributed by atoms with E-state index in [1.54, 1.807) is 0 Å². The van der Waals surface area contributed by atoms with Crippen molar-refractivity contribution >= 4 is 22.6 Å². The molecule has 0 saturated carbocycles. The molecule has 2 N–H and O–H groups in total. The molecule has 0 radical (unpaired) electrons. The third-order valence-electron chi connectivity index (χ3n) is 3.46. The van der Waals surface area contributed by atoms with E-state index in [0.717, 1.165) is 24.3 Å². The number of benzene rings is 2. The number of rotatable bonds is 2. The maximum Gasteiger partial charge on any atom is 0.449 e. The van der Waals surface area contributed by atoms with Crippen LogP contribution < -0.4 is 5.32 Å². The van der Waals surface area contributed by atoms with E-state index in [1.807, 2.05) is 0 Å². The highest BCUT2D eigenvalue weighted by Crippen LogP contribution is 2.31. The number of amides is 1. The summed E-state index contributed by atoms with van der Waals surface area (Å²) in [5.74, 6) is -1.97. The number of halogens is 6. The van der Waals surface area contributed by atoms with Crippen LogP contribution in [-0.2, 0) is 12.4 Å². The summed E-state index contributed by atoms with van der Waals surface area (Å²) in [7, 11) is 0. The van der Waals surface area contributed by atoms with Gasteiger partial charge in [-0.25, -0.2) is 4.98 Å². The molecule has 1 heterocycles. The lowest BCUT2D eigenvalue weighted by molar-refractivity contribution is -0.144. The van der Waals surface area contributed by atoms with Gasteiger partial charge in [-0.3, -0.25) is 4.79 Å². The standard InChI is InChI=1S/C16H9F6N3O/c17-15(18,19)9-2-1-3-10(7-9)23-13(26)8-4-5-11-12(6-8)25-14(24-11)16(20,21)22/h1-7H,(H,23,26)(H,24,25). The molecule has 0 atom stereocenters. The average Bonchev–Trinajstić information content (AvgIpc) is 2.97. The van der Waals surface area contributed by atoms with Gasteiger partial charge in [-0.1, -0.05) is 6.07 Å². The number of fused-ring (bicyclic) bond motifs is 1. The Hall–Kier alpha value is -3.04. The minimum Gasteiger partial charge on any atom is -0.334 e. The molecule has 1 amide bonds. The summed E-state index contributed by atoms with van der Waals surface area (Å²) in [6.07, 6.45) is -9.23. The van der Waals surface area contributed by atoms with E-state index in [9.17, 15) is 31.1 Å². The zero-order chi connectivity index (χ0) is 19.1. The summed E-state index contributed by atoms with van der Waals surface area (Å²) in [5.41, 5.74) is -1.08. The van der Waals surface area contributed by atoms with E-state index >= 15 is 0 Å². The van der Waals surface area contributed by atoms with Gasteiger partial charge < -0.3 is 10.3 Å². The number of anilines is 1. The smallest absolute Gasteiger partial charge is 0.334 e. The van der Waals surface area contributed by atoms with Crippen LogP contribution in [0.3, 0.4) is 0 Å². The van der Waals surface area contributed by atoms with Crippen molar-refractivity contribution in [2.45, 2.75) is 12.4 Å². The number of carbonyl (C=O) groups excluding carboxylic acids is 1. The number of hydrogen-bond donors (Lipinski definition) is 2. The lowest BCUT2D eigenvalue weighted by atomic mass is 10.1. The summed E-state index contributed by atoms with van der Waals surface area (Å²) in [5, 5.41) is 2.28. The number of carbonyl (C=O) groups is 1. The van der Waals surface area contributed by atoms with Crippen LogP contribution in [0.25, 0.3) is 11.0 Å². The van der Waals surface area contributed by atoms with Gasteiger partial charge in [-0.2, -0.15) is 26.3 Å².